The van der Waals surface area contributed by atoms with Crippen LogP contribution < -0.4 is 0 Å². The van der Waals surface area contributed by atoms with Crippen molar-refractivity contribution in [3.8, 4) is 0 Å². The van der Waals surface area contributed by atoms with Crippen LogP contribution in [0.15, 0.2) is 0 Å². The van der Waals surface area contributed by atoms with E-state index in [9.17, 15) is 44.4 Å². The molecule has 0 aromatic rings. The Hall–Kier alpha value is -2.57. The van der Waals surface area contributed by atoms with Crippen LogP contribution in [0, 0.1) is 5.41 Å². The SMILES string of the molecule is CC(C)(C)C(=O)CN(CCN(CC(=O)O)C1CCCCC1N(CC(=O)O)CC(=O)O)CC(=O)O. The fraction of sp³-hybridized carbons (Fsp3) is 0.773. The summed E-state index contributed by atoms with van der Waals surface area (Å²) in [5.74, 6) is -4.73. The third-order valence-electron chi connectivity index (χ3n) is 5.91. The fourth-order valence-electron chi connectivity index (χ4n) is 4.23. The fourth-order valence-corrected chi connectivity index (χ4v) is 4.23. The topological polar surface area (TPSA) is 176 Å². The maximum absolute atomic E-state index is 12.5. The first-order valence-corrected chi connectivity index (χ1v) is 11.3. The molecule has 0 bridgehead atoms. The number of nitrogens with zero attached hydrogens (tertiary/aromatic N) is 3. The van der Waals surface area contributed by atoms with Crippen molar-refractivity contribution in [1.82, 2.24) is 14.7 Å². The molecule has 4 N–H and O–H groups in total. The summed E-state index contributed by atoms with van der Waals surface area (Å²) in [5, 5.41) is 37.3. The van der Waals surface area contributed by atoms with Gasteiger partial charge in [0.15, 0.2) is 5.78 Å². The average molecular weight is 488 g/mol. The van der Waals surface area contributed by atoms with Crippen LogP contribution in [0.4, 0.5) is 0 Å². The molecule has 12 heteroatoms. The van der Waals surface area contributed by atoms with E-state index >= 15 is 0 Å². The molecule has 2 unspecified atom stereocenters. The van der Waals surface area contributed by atoms with Crippen molar-refractivity contribution in [1.29, 1.82) is 0 Å². The molecular formula is C22H37N3O9. The summed E-state index contributed by atoms with van der Waals surface area (Å²) in [6, 6.07) is -0.905. The van der Waals surface area contributed by atoms with E-state index in [0.717, 1.165) is 12.8 Å². The lowest BCUT2D eigenvalue weighted by molar-refractivity contribution is -0.146. The minimum Gasteiger partial charge on any atom is -0.480 e. The molecule has 1 aliphatic rings. The summed E-state index contributed by atoms with van der Waals surface area (Å²) in [7, 11) is 0. The number of hydrogen-bond donors (Lipinski definition) is 4. The minimum absolute atomic E-state index is 0.102. The van der Waals surface area contributed by atoms with Crippen molar-refractivity contribution in [3.05, 3.63) is 0 Å². The molecule has 0 heterocycles. The van der Waals surface area contributed by atoms with Gasteiger partial charge in [0.05, 0.1) is 32.7 Å². The van der Waals surface area contributed by atoms with Crippen LogP contribution in [0.5, 0.6) is 0 Å². The molecule has 1 aliphatic carbocycles. The molecule has 0 aliphatic heterocycles. The first kappa shape index (κ1) is 29.5. The molecule has 12 nitrogen and oxygen atoms in total. The number of Topliss-reactive ketones (excluding diaryl/α,β-unsaturated/α-hetero) is 1. The summed E-state index contributed by atoms with van der Waals surface area (Å²) in [6.07, 6.45) is 2.59. The Labute approximate surface area is 199 Å². The van der Waals surface area contributed by atoms with Crippen molar-refractivity contribution < 1.29 is 44.4 Å². The van der Waals surface area contributed by atoms with Crippen LogP contribution in [-0.4, -0.2) is 123 Å². The van der Waals surface area contributed by atoms with Gasteiger partial charge in [-0.3, -0.25) is 38.7 Å². The predicted octanol–water partition coefficient (Wildman–Crippen LogP) is 0.157. The average Bonchev–Trinajstić information content (AvgIpc) is 2.68. The van der Waals surface area contributed by atoms with E-state index in [1.54, 1.807) is 25.7 Å². The first-order valence-electron chi connectivity index (χ1n) is 11.3. The normalized spacial score (nSPS) is 18.9. The molecule has 0 aromatic heterocycles. The molecule has 34 heavy (non-hydrogen) atoms. The van der Waals surface area contributed by atoms with Gasteiger partial charge in [-0.15, -0.1) is 0 Å². The number of carboxylic acids is 4. The van der Waals surface area contributed by atoms with Gasteiger partial charge in [-0.05, 0) is 12.8 Å². The van der Waals surface area contributed by atoms with Crippen LogP contribution >= 0.6 is 0 Å². The van der Waals surface area contributed by atoms with E-state index < -0.39 is 54.5 Å². The summed E-state index contributed by atoms with van der Waals surface area (Å²) in [4.78, 5) is 62.6. The summed E-state index contributed by atoms with van der Waals surface area (Å²) < 4.78 is 0. The molecule has 2 atom stereocenters. The van der Waals surface area contributed by atoms with Crippen molar-refractivity contribution in [2.24, 2.45) is 5.41 Å². The van der Waals surface area contributed by atoms with Gasteiger partial charge >= 0.3 is 23.9 Å². The smallest absolute Gasteiger partial charge is 0.317 e. The van der Waals surface area contributed by atoms with Gasteiger partial charge in [0.1, 0.15) is 0 Å². The Morgan fingerprint density at radius 3 is 1.47 bits per heavy atom. The Balaban J connectivity index is 3.11. The number of carboxylic acid groups (broad SMARTS) is 4. The minimum atomic E-state index is -1.18. The third kappa shape index (κ3) is 10.6. The highest BCUT2D eigenvalue weighted by atomic mass is 16.4. The molecule has 0 saturated heterocycles. The molecular weight excluding hydrogens is 450 g/mol. The molecule has 1 saturated carbocycles. The molecule has 0 aromatic carbocycles. The second kappa shape index (κ2) is 13.4. The molecule has 0 amide bonds. The van der Waals surface area contributed by atoms with Crippen molar-refractivity contribution >= 4 is 29.7 Å². The monoisotopic (exact) mass is 487 g/mol. The van der Waals surface area contributed by atoms with Gasteiger partial charge in [-0.2, -0.15) is 0 Å². The van der Waals surface area contributed by atoms with E-state index in [4.69, 9.17) is 0 Å². The Kier molecular flexibility index (Phi) is 11.6. The Morgan fingerprint density at radius 2 is 1.06 bits per heavy atom. The number of hydrogen-bond acceptors (Lipinski definition) is 8. The van der Waals surface area contributed by atoms with Crippen molar-refractivity contribution in [2.75, 3.05) is 45.8 Å². The standard InChI is InChI=1S/C22H37N3O9/c1-22(2,3)17(26)10-23(11-18(27)28)8-9-24(12-19(29)30)15-6-4-5-7-16(15)25(13-20(31)32)14-21(33)34/h15-16H,4-14H2,1-3H3,(H,27,28)(H,29,30)(H,31,32)(H,33,34). The van der Waals surface area contributed by atoms with Gasteiger partial charge in [-0.1, -0.05) is 33.6 Å². The Bertz CT molecular complexity index is 734. The van der Waals surface area contributed by atoms with Crippen LogP contribution in [0.25, 0.3) is 0 Å². The lowest BCUT2D eigenvalue weighted by Gasteiger charge is -2.44. The van der Waals surface area contributed by atoms with Crippen LogP contribution in [0.2, 0.25) is 0 Å². The molecule has 1 fully saturated rings. The number of rotatable bonds is 15. The van der Waals surface area contributed by atoms with E-state index in [-0.39, 0.29) is 38.5 Å². The van der Waals surface area contributed by atoms with Gasteiger partial charge in [0, 0.05) is 30.6 Å². The Morgan fingerprint density at radius 1 is 0.647 bits per heavy atom. The van der Waals surface area contributed by atoms with Crippen molar-refractivity contribution in [2.45, 2.75) is 58.5 Å². The lowest BCUT2D eigenvalue weighted by Crippen LogP contribution is -2.57. The third-order valence-corrected chi connectivity index (χ3v) is 5.91. The van der Waals surface area contributed by atoms with Gasteiger partial charge in [-0.25, -0.2) is 0 Å². The largest absolute Gasteiger partial charge is 0.480 e. The van der Waals surface area contributed by atoms with Gasteiger partial charge < -0.3 is 20.4 Å². The first-order chi connectivity index (χ1) is 15.7. The maximum atomic E-state index is 12.5. The number of carbonyl (C=O) groups is 5. The lowest BCUT2D eigenvalue weighted by atomic mass is 9.87. The van der Waals surface area contributed by atoms with E-state index in [0.29, 0.717) is 12.8 Å². The number of carbonyl (C=O) groups excluding carboxylic acids is 1. The zero-order chi connectivity index (χ0) is 26.1. The van der Waals surface area contributed by atoms with E-state index in [2.05, 4.69) is 0 Å². The van der Waals surface area contributed by atoms with Crippen LogP contribution in [0.1, 0.15) is 46.5 Å². The predicted molar refractivity (Wildman–Crippen MR) is 121 cm³/mol. The summed E-state index contributed by atoms with van der Waals surface area (Å²) in [5.41, 5.74) is -0.667. The quantitative estimate of drug-likeness (QED) is 0.246. The highest BCUT2D eigenvalue weighted by molar-refractivity contribution is 5.86. The van der Waals surface area contributed by atoms with Crippen LogP contribution in [0.3, 0.4) is 0 Å². The summed E-state index contributed by atoms with van der Waals surface area (Å²) in [6.45, 7) is 3.61. The van der Waals surface area contributed by atoms with Gasteiger partial charge in [0.25, 0.3) is 0 Å². The second-order valence-electron chi connectivity index (χ2n) is 9.75. The molecule has 0 radical (unpaired) electrons. The number of ketones is 1. The van der Waals surface area contributed by atoms with Gasteiger partial charge in [0.2, 0.25) is 0 Å². The second-order valence-corrected chi connectivity index (χ2v) is 9.75. The molecule has 1 rings (SSSR count). The highest BCUT2D eigenvalue weighted by Gasteiger charge is 2.36. The number of aliphatic carboxylic acids is 4. The zero-order valence-electron chi connectivity index (χ0n) is 20.1. The molecule has 194 valence electrons. The van der Waals surface area contributed by atoms with Crippen LogP contribution in [-0.2, 0) is 24.0 Å². The van der Waals surface area contributed by atoms with E-state index in [1.165, 1.54) is 9.80 Å². The van der Waals surface area contributed by atoms with Crippen molar-refractivity contribution in [3.63, 3.8) is 0 Å². The molecule has 0 spiro atoms. The summed E-state index contributed by atoms with van der Waals surface area (Å²) >= 11 is 0. The highest BCUT2D eigenvalue weighted by Crippen LogP contribution is 2.27. The van der Waals surface area contributed by atoms with E-state index in [1.807, 2.05) is 0 Å². The maximum Gasteiger partial charge on any atom is 0.317 e. The zero-order valence-corrected chi connectivity index (χ0v) is 20.1.